The predicted octanol–water partition coefficient (Wildman–Crippen LogP) is 5.43. The fourth-order valence-electron chi connectivity index (χ4n) is 3.30. The second kappa shape index (κ2) is 10.4. The number of nitrogens with one attached hydrogen (secondary N) is 1. The number of amides is 1. The van der Waals surface area contributed by atoms with E-state index in [1.54, 1.807) is 11.8 Å². The van der Waals surface area contributed by atoms with Crippen LogP contribution < -0.4 is 5.32 Å². The average Bonchev–Trinajstić information content (AvgIpc) is 2.95. The van der Waals surface area contributed by atoms with Crippen LogP contribution in [0.15, 0.2) is 30.3 Å². The van der Waals surface area contributed by atoms with Crippen molar-refractivity contribution < 1.29 is 9.53 Å². The van der Waals surface area contributed by atoms with Gasteiger partial charge in [0, 0.05) is 18.7 Å². The Hall–Kier alpha value is -1.64. The van der Waals surface area contributed by atoms with Crippen molar-refractivity contribution in [2.45, 2.75) is 89.9 Å². The number of ether oxygens (including phenoxy) is 1. The fraction of sp³-hybridized carbons (Fsp3) is 0.625. The molecule has 29 heavy (non-hydrogen) atoms. The number of hydrogen-bond acceptors (Lipinski definition) is 4. The lowest BCUT2D eigenvalue weighted by Gasteiger charge is -2.37. The van der Waals surface area contributed by atoms with E-state index in [0.29, 0.717) is 0 Å². The molecule has 0 unspecified atom stereocenters. The van der Waals surface area contributed by atoms with Crippen molar-refractivity contribution in [1.29, 1.82) is 0 Å². The van der Waals surface area contributed by atoms with E-state index in [0.717, 1.165) is 31.6 Å². The van der Waals surface area contributed by atoms with Crippen molar-refractivity contribution in [3.05, 3.63) is 35.9 Å². The molecule has 1 aromatic carbocycles. The van der Waals surface area contributed by atoms with Crippen LogP contribution in [-0.2, 0) is 11.3 Å². The van der Waals surface area contributed by atoms with E-state index in [1.807, 2.05) is 43.9 Å². The minimum absolute atomic E-state index is 0.0392. The van der Waals surface area contributed by atoms with Crippen LogP contribution in [0.25, 0.3) is 0 Å². The lowest BCUT2D eigenvalue weighted by Crippen LogP contribution is -2.55. The van der Waals surface area contributed by atoms with Crippen LogP contribution in [0.3, 0.4) is 0 Å². The summed E-state index contributed by atoms with van der Waals surface area (Å²) in [6.07, 6.45) is 2.85. The molecule has 1 fully saturated rings. The van der Waals surface area contributed by atoms with Gasteiger partial charge in [-0.25, -0.2) is 4.79 Å². The second-order valence-electron chi connectivity index (χ2n) is 8.94. The smallest absolute Gasteiger partial charge is 0.411 e. The maximum absolute atomic E-state index is 13.1. The van der Waals surface area contributed by atoms with Crippen LogP contribution >= 0.6 is 11.8 Å². The highest BCUT2D eigenvalue weighted by Crippen LogP contribution is 2.40. The van der Waals surface area contributed by atoms with Crippen molar-refractivity contribution in [2.75, 3.05) is 5.75 Å². The summed E-state index contributed by atoms with van der Waals surface area (Å²) in [5.74, 6) is 7.60. The molecule has 1 N–H and O–H groups in total. The van der Waals surface area contributed by atoms with E-state index in [1.165, 1.54) is 5.56 Å². The largest absolute Gasteiger partial charge is 0.444 e. The Kier molecular flexibility index (Phi) is 8.48. The third-order valence-electron chi connectivity index (χ3n) is 4.78. The minimum Gasteiger partial charge on any atom is -0.444 e. The third kappa shape index (κ3) is 7.28. The number of unbranched alkanes of at least 4 members (excludes halogenated alkanes) is 2. The van der Waals surface area contributed by atoms with E-state index in [2.05, 4.69) is 50.1 Å². The van der Waals surface area contributed by atoms with Gasteiger partial charge in [0.05, 0.1) is 17.0 Å². The molecular formula is C24H36N2O2S. The number of nitrogens with zero attached hydrogens (tertiary/aromatic N) is 1. The third-order valence-corrected chi connectivity index (χ3v) is 6.19. The van der Waals surface area contributed by atoms with Crippen LogP contribution in [0.4, 0.5) is 4.79 Å². The minimum atomic E-state index is -0.523. The van der Waals surface area contributed by atoms with E-state index < -0.39 is 5.60 Å². The molecule has 160 valence electrons. The average molecular weight is 417 g/mol. The topological polar surface area (TPSA) is 41.6 Å². The molecule has 2 rings (SSSR count). The molecule has 0 aliphatic carbocycles. The molecule has 1 aromatic rings. The van der Waals surface area contributed by atoms with Gasteiger partial charge in [0.2, 0.25) is 0 Å². The van der Waals surface area contributed by atoms with E-state index in [9.17, 15) is 4.79 Å². The second-order valence-corrected chi connectivity index (χ2v) is 10.6. The maximum Gasteiger partial charge on any atom is 0.411 e. The summed E-state index contributed by atoms with van der Waals surface area (Å²) in [6.45, 7) is 12.8. The zero-order valence-electron chi connectivity index (χ0n) is 18.7. The molecule has 0 saturated carbocycles. The summed E-state index contributed by atoms with van der Waals surface area (Å²) in [7, 11) is 0. The number of thioether (sulfide) groups is 1. The number of rotatable bonds is 6. The van der Waals surface area contributed by atoms with Gasteiger partial charge in [-0.1, -0.05) is 49.6 Å². The summed E-state index contributed by atoms with van der Waals surface area (Å²) in [6, 6.07) is 10.2. The number of carbonyl (C=O) groups excluding carboxylic acids is 1. The lowest BCUT2D eigenvalue weighted by atomic mass is 10.1. The molecule has 0 aromatic heterocycles. The highest BCUT2D eigenvalue weighted by atomic mass is 32.2. The zero-order chi connectivity index (χ0) is 21.5. The van der Waals surface area contributed by atoms with Crippen LogP contribution in [0.1, 0.15) is 66.4 Å². The molecule has 0 bridgehead atoms. The molecule has 2 atom stereocenters. The molecule has 0 radical (unpaired) electrons. The van der Waals surface area contributed by atoms with Gasteiger partial charge in [-0.05, 0) is 46.6 Å². The lowest BCUT2D eigenvalue weighted by molar-refractivity contribution is 0.00778. The quantitative estimate of drug-likeness (QED) is 0.496. The first-order chi connectivity index (χ1) is 13.6. The van der Waals surface area contributed by atoms with Gasteiger partial charge in [-0.15, -0.1) is 17.7 Å². The van der Waals surface area contributed by atoms with Crippen molar-refractivity contribution >= 4 is 17.9 Å². The van der Waals surface area contributed by atoms with Gasteiger partial charge in [0.25, 0.3) is 0 Å². The van der Waals surface area contributed by atoms with Crippen LogP contribution in [0.2, 0.25) is 0 Å². The normalized spacial score (nSPS) is 19.4. The van der Waals surface area contributed by atoms with Crippen LogP contribution in [0.5, 0.6) is 0 Å². The Morgan fingerprint density at radius 2 is 2.03 bits per heavy atom. The molecule has 1 aliphatic heterocycles. The predicted molar refractivity (Wildman–Crippen MR) is 123 cm³/mol. The van der Waals surface area contributed by atoms with Gasteiger partial charge < -0.3 is 4.74 Å². The number of carbonyl (C=O) groups is 1. The highest BCUT2D eigenvalue weighted by molar-refractivity contribution is 8.00. The Morgan fingerprint density at radius 3 is 2.66 bits per heavy atom. The zero-order valence-corrected chi connectivity index (χ0v) is 19.6. The summed E-state index contributed by atoms with van der Waals surface area (Å²) in [4.78, 5) is 14.6. The van der Waals surface area contributed by atoms with E-state index >= 15 is 0 Å². The Labute approximate surface area is 181 Å². The van der Waals surface area contributed by atoms with Gasteiger partial charge >= 0.3 is 6.09 Å². The summed E-state index contributed by atoms with van der Waals surface area (Å²) < 4.78 is 5.74. The van der Waals surface area contributed by atoms with E-state index in [-0.39, 0.29) is 23.0 Å². The fourth-order valence-corrected chi connectivity index (χ4v) is 4.57. The number of benzene rings is 1. The first-order valence-electron chi connectivity index (χ1n) is 10.6. The summed E-state index contributed by atoms with van der Waals surface area (Å²) in [5, 5.41) is 3.60. The van der Waals surface area contributed by atoms with Crippen molar-refractivity contribution in [2.24, 2.45) is 0 Å². The molecule has 1 saturated heterocycles. The SMILES string of the molecule is CCCCC#C[C@H](NCc1ccccc1)[C@@H]1CSC(C)(C)N1C(=O)OC(C)(C)C. The molecule has 4 nitrogen and oxygen atoms in total. The molecule has 0 spiro atoms. The van der Waals surface area contributed by atoms with Crippen LogP contribution in [0, 0.1) is 11.8 Å². The van der Waals surface area contributed by atoms with Crippen molar-refractivity contribution in [1.82, 2.24) is 10.2 Å². The first-order valence-corrected chi connectivity index (χ1v) is 11.5. The number of hydrogen-bond donors (Lipinski definition) is 1. The maximum atomic E-state index is 13.1. The first kappa shape index (κ1) is 23.6. The van der Waals surface area contributed by atoms with Gasteiger partial charge in [-0.3, -0.25) is 10.2 Å². The van der Waals surface area contributed by atoms with Crippen LogP contribution in [-0.4, -0.2) is 39.3 Å². The standard InChI is InChI=1S/C24H36N2O2S/c1-7-8-9-13-16-20(25-17-19-14-11-10-12-15-19)21-18-29-24(5,6)26(21)22(27)28-23(2,3)4/h10-12,14-15,20-21,25H,7-9,17-18H2,1-6H3/t20-,21-/m0/s1. The van der Waals surface area contributed by atoms with E-state index in [4.69, 9.17) is 4.74 Å². The molecule has 1 heterocycles. The molecule has 5 heteroatoms. The van der Waals surface area contributed by atoms with Gasteiger partial charge in [0.1, 0.15) is 5.60 Å². The molecular weight excluding hydrogens is 380 g/mol. The molecule has 1 amide bonds. The van der Waals surface area contributed by atoms with Gasteiger partial charge in [0.15, 0.2) is 0 Å². The highest BCUT2D eigenvalue weighted by Gasteiger charge is 2.47. The summed E-state index contributed by atoms with van der Waals surface area (Å²) in [5.41, 5.74) is 0.687. The monoisotopic (exact) mass is 416 g/mol. The Bertz CT molecular complexity index is 716. The van der Waals surface area contributed by atoms with Crippen molar-refractivity contribution in [3.8, 4) is 11.8 Å². The van der Waals surface area contributed by atoms with Gasteiger partial charge in [-0.2, -0.15) is 0 Å². The Morgan fingerprint density at radius 1 is 1.34 bits per heavy atom. The Balaban J connectivity index is 2.22. The summed E-state index contributed by atoms with van der Waals surface area (Å²) >= 11 is 1.78. The van der Waals surface area contributed by atoms with Crippen molar-refractivity contribution in [3.63, 3.8) is 0 Å². The molecule has 1 aliphatic rings.